The minimum absolute atomic E-state index is 0.0854. The van der Waals surface area contributed by atoms with Gasteiger partial charge >= 0.3 is 0 Å². The molecular weight excluding hydrogens is 360 g/mol. The van der Waals surface area contributed by atoms with Gasteiger partial charge in [-0.1, -0.05) is 42.1 Å². The van der Waals surface area contributed by atoms with E-state index in [-0.39, 0.29) is 11.2 Å². The van der Waals surface area contributed by atoms with E-state index >= 15 is 0 Å². The Morgan fingerprint density at radius 3 is 2.52 bits per heavy atom. The summed E-state index contributed by atoms with van der Waals surface area (Å²) in [6, 6.07) is 17.4. The van der Waals surface area contributed by atoms with Gasteiger partial charge in [0.25, 0.3) is 0 Å². The second-order valence-electron chi connectivity index (χ2n) is 6.10. The lowest BCUT2D eigenvalue weighted by Crippen LogP contribution is -2.22. The van der Waals surface area contributed by atoms with Crippen LogP contribution in [0.5, 0.6) is 5.75 Å². The highest BCUT2D eigenvalue weighted by Gasteiger charge is 2.19. The highest BCUT2D eigenvalue weighted by atomic mass is 32.2. The number of aromatic nitrogens is 3. The Bertz CT molecular complexity index is 894. The summed E-state index contributed by atoms with van der Waals surface area (Å²) < 4.78 is 7.06. The number of hydrogen-bond acceptors (Lipinski definition) is 5. The van der Waals surface area contributed by atoms with Crippen LogP contribution in [0, 0.1) is 0 Å². The van der Waals surface area contributed by atoms with E-state index in [0.29, 0.717) is 6.42 Å². The number of hydrogen-bond donors (Lipinski definition) is 1. The van der Waals surface area contributed by atoms with Crippen LogP contribution in [0.4, 0.5) is 5.69 Å². The maximum atomic E-state index is 12.5. The molecule has 0 aliphatic heterocycles. The molecule has 0 radical (unpaired) electrons. The van der Waals surface area contributed by atoms with E-state index in [0.717, 1.165) is 22.4 Å². The number of amides is 1. The molecule has 1 N–H and O–H groups in total. The van der Waals surface area contributed by atoms with Gasteiger partial charge in [-0.25, -0.2) is 0 Å². The molecular formula is C20H22N4O2S. The lowest BCUT2D eigenvalue weighted by molar-refractivity contribution is -0.115. The van der Waals surface area contributed by atoms with E-state index in [4.69, 9.17) is 4.74 Å². The van der Waals surface area contributed by atoms with Crippen molar-refractivity contribution in [3.63, 3.8) is 0 Å². The largest absolute Gasteiger partial charge is 0.497 e. The van der Waals surface area contributed by atoms with Crippen LogP contribution in [0.2, 0.25) is 0 Å². The Kier molecular flexibility index (Phi) is 6.13. The number of nitrogens with one attached hydrogen (secondary N) is 1. The van der Waals surface area contributed by atoms with Crippen LogP contribution in [0.3, 0.4) is 0 Å². The first-order valence-electron chi connectivity index (χ1n) is 8.60. The van der Waals surface area contributed by atoms with Gasteiger partial charge in [0.15, 0.2) is 5.16 Å². The summed E-state index contributed by atoms with van der Waals surface area (Å²) in [5.74, 6) is 1.53. The lowest BCUT2D eigenvalue weighted by atomic mass is 10.1. The molecule has 0 aliphatic carbocycles. The zero-order valence-electron chi connectivity index (χ0n) is 15.5. The number of methoxy groups -OCH3 is 1. The Morgan fingerprint density at radius 2 is 1.85 bits per heavy atom. The summed E-state index contributed by atoms with van der Waals surface area (Å²) in [6.07, 6.45) is 0.706. The first kappa shape index (κ1) is 19.0. The van der Waals surface area contributed by atoms with Gasteiger partial charge in [0, 0.05) is 19.2 Å². The van der Waals surface area contributed by atoms with Crippen LogP contribution in [-0.2, 0) is 18.3 Å². The molecule has 3 rings (SSSR count). The summed E-state index contributed by atoms with van der Waals surface area (Å²) >= 11 is 1.39. The molecule has 27 heavy (non-hydrogen) atoms. The van der Waals surface area contributed by atoms with Crippen LogP contribution in [0.15, 0.2) is 59.8 Å². The molecule has 0 saturated carbocycles. The topological polar surface area (TPSA) is 69.0 Å². The minimum Gasteiger partial charge on any atom is -0.497 e. The summed E-state index contributed by atoms with van der Waals surface area (Å²) in [6.45, 7) is 1.86. The smallest absolute Gasteiger partial charge is 0.237 e. The summed E-state index contributed by atoms with van der Waals surface area (Å²) in [7, 11) is 3.54. The van der Waals surface area contributed by atoms with Crippen LogP contribution in [0.25, 0.3) is 0 Å². The summed E-state index contributed by atoms with van der Waals surface area (Å²) in [5.41, 5.74) is 1.91. The fourth-order valence-electron chi connectivity index (χ4n) is 2.51. The van der Waals surface area contributed by atoms with Crippen molar-refractivity contribution in [2.45, 2.75) is 23.8 Å². The first-order valence-corrected chi connectivity index (χ1v) is 9.48. The first-order chi connectivity index (χ1) is 13.1. The molecule has 1 aromatic heterocycles. The number of carbonyl (C=O) groups is 1. The van der Waals surface area contributed by atoms with Crippen LogP contribution in [-0.4, -0.2) is 33.0 Å². The summed E-state index contributed by atoms with van der Waals surface area (Å²) in [5, 5.41) is 11.8. The zero-order valence-corrected chi connectivity index (χ0v) is 16.4. The third-order valence-corrected chi connectivity index (χ3v) is 5.27. The predicted octanol–water partition coefficient (Wildman–Crippen LogP) is 3.53. The van der Waals surface area contributed by atoms with Crippen LogP contribution < -0.4 is 10.1 Å². The Labute approximate surface area is 163 Å². The Morgan fingerprint density at radius 1 is 1.15 bits per heavy atom. The SMILES string of the molecule is COc1ccc(NC(=O)[C@H](C)Sc2nnc(Cc3ccccc3)n2C)cc1. The van der Waals surface area contributed by atoms with Crippen molar-refractivity contribution in [3.8, 4) is 5.75 Å². The van der Waals surface area contributed by atoms with E-state index in [9.17, 15) is 4.79 Å². The molecule has 140 valence electrons. The van der Waals surface area contributed by atoms with Crippen molar-refractivity contribution >= 4 is 23.4 Å². The molecule has 1 amide bonds. The molecule has 3 aromatic rings. The number of rotatable bonds is 7. The molecule has 0 aliphatic rings. The van der Waals surface area contributed by atoms with E-state index < -0.39 is 0 Å². The van der Waals surface area contributed by atoms with E-state index in [1.807, 2.05) is 61.0 Å². The number of anilines is 1. The second-order valence-corrected chi connectivity index (χ2v) is 7.41. The number of benzene rings is 2. The van der Waals surface area contributed by atoms with Crippen molar-refractivity contribution in [2.24, 2.45) is 7.05 Å². The van der Waals surface area contributed by atoms with Gasteiger partial charge < -0.3 is 14.6 Å². The monoisotopic (exact) mass is 382 g/mol. The van der Waals surface area contributed by atoms with Crippen LogP contribution >= 0.6 is 11.8 Å². The quantitative estimate of drug-likeness (QED) is 0.633. The molecule has 0 fully saturated rings. The predicted molar refractivity (Wildman–Crippen MR) is 107 cm³/mol. The van der Waals surface area contributed by atoms with E-state index in [1.54, 1.807) is 7.11 Å². The average Bonchev–Trinajstić information content (AvgIpc) is 3.03. The van der Waals surface area contributed by atoms with Gasteiger partial charge in [0.2, 0.25) is 5.91 Å². The van der Waals surface area contributed by atoms with Gasteiger partial charge in [-0.3, -0.25) is 4.79 Å². The van der Waals surface area contributed by atoms with E-state index in [1.165, 1.54) is 17.3 Å². The lowest BCUT2D eigenvalue weighted by Gasteiger charge is -2.12. The fourth-order valence-corrected chi connectivity index (χ4v) is 3.34. The van der Waals surface area contributed by atoms with Crippen LogP contribution in [0.1, 0.15) is 18.3 Å². The third-order valence-electron chi connectivity index (χ3n) is 4.14. The van der Waals surface area contributed by atoms with Crippen molar-refractivity contribution in [1.82, 2.24) is 14.8 Å². The maximum Gasteiger partial charge on any atom is 0.237 e. The molecule has 0 unspecified atom stereocenters. The molecule has 6 nitrogen and oxygen atoms in total. The van der Waals surface area contributed by atoms with Gasteiger partial charge in [-0.05, 0) is 36.8 Å². The Balaban J connectivity index is 1.61. The highest BCUT2D eigenvalue weighted by Crippen LogP contribution is 2.24. The van der Waals surface area contributed by atoms with Crippen molar-refractivity contribution in [2.75, 3.05) is 12.4 Å². The third kappa shape index (κ3) is 4.89. The molecule has 1 atom stereocenters. The summed E-state index contributed by atoms with van der Waals surface area (Å²) in [4.78, 5) is 12.5. The normalized spacial score (nSPS) is 11.8. The standard InChI is InChI=1S/C20H22N4O2S/c1-14(19(25)21-16-9-11-17(26-3)12-10-16)27-20-23-22-18(24(20)2)13-15-7-5-4-6-8-15/h4-12,14H,13H2,1-3H3,(H,21,25)/t14-/m0/s1. The van der Waals surface area contributed by atoms with E-state index in [2.05, 4.69) is 27.6 Å². The maximum absolute atomic E-state index is 12.5. The molecule has 0 saturated heterocycles. The highest BCUT2D eigenvalue weighted by molar-refractivity contribution is 8.00. The van der Waals surface area contributed by atoms with Crippen molar-refractivity contribution < 1.29 is 9.53 Å². The van der Waals surface area contributed by atoms with Crippen molar-refractivity contribution in [1.29, 1.82) is 0 Å². The average molecular weight is 382 g/mol. The number of thioether (sulfide) groups is 1. The molecule has 7 heteroatoms. The number of carbonyl (C=O) groups excluding carboxylic acids is 1. The number of ether oxygens (including phenoxy) is 1. The van der Waals surface area contributed by atoms with Gasteiger partial charge in [-0.2, -0.15) is 0 Å². The molecule has 0 bridgehead atoms. The minimum atomic E-state index is -0.306. The van der Waals surface area contributed by atoms with Crippen molar-refractivity contribution in [3.05, 3.63) is 66.0 Å². The fraction of sp³-hybridized carbons (Fsp3) is 0.250. The molecule has 1 heterocycles. The van der Waals surface area contributed by atoms with Gasteiger partial charge in [0.05, 0.1) is 12.4 Å². The second kappa shape index (κ2) is 8.73. The van der Waals surface area contributed by atoms with Gasteiger partial charge in [-0.15, -0.1) is 10.2 Å². The number of nitrogens with zero attached hydrogens (tertiary/aromatic N) is 3. The van der Waals surface area contributed by atoms with Gasteiger partial charge in [0.1, 0.15) is 11.6 Å². The molecule has 2 aromatic carbocycles. The zero-order chi connectivity index (χ0) is 19.2. The molecule has 0 spiro atoms. The Hall–Kier alpha value is -2.80.